The number of aromatic nitrogens is 4. The van der Waals surface area contributed by atoms with E-state index in [1.165, 1.54) is 11.3 Å². The summed E-state index contributed by atoms with van der Waals surface area (Å²) in [4.78, 5) is 0. The van der Waals surface area contributed by atoms with Gasteiger partial charge in [-0.2, -0.15) is 5.10 Å². The molecular weight excluding hydrogens is 298 g/mol. The lowest BCUT2D eigenvalue weighted by atomic mass is 10.0. The molecule has 1 saturated heterocycles. The second kappa shape index (κ2) is 6.44. The third-order valence-electron chi connectivity index (χ3n) is 4.27. The lowest BCUT2D eigenvalue weighted by molar-refractivity contribution is 0.0974. The standard InChI is InChI=1S/C15H23N5OS/c1-5-12-17-18-13(22-12)8-16-11-6-7-21-15(11)14-9(2)19-20(4)10(14)3/h11,15-16H,5-8H2,1-4H3/t11-,15-/m0/s1. The number of hydrogen-bond acceptors (Lipinski definition) is 6. The number of nitrogens with zero attached hydrogens (tertiary/aromatic N) is 4. The van der Waals surface area contributed by atoms with Crippen LogP contribution in [0.4, 0.5) is 0 Å². The summed E-state index contributed by atoms with van der Waals surface area (Å²) in [6, 6.07) is 0.301. The molecule has 0 spiro atoms. The number of aryl methyl sites for hydroxylation is 3. The van der Waals surface area contributed by atoms with E-state index < -0.39 is 0 Å². The topological polar surface area (TPSA) is 64.9 Å². The van der Waals surface area contributed by atoms with Gasteiger partial charge < -0.3 is 10.1 Å². The van der Waals surface area contributed by atoms with Crippen LogP contribution in [0.3, 0.4) is 0 Å². The molecule has 1 N–H and O–H groups in total. The van der Waals surface area contributed by atoms with Gasteiger partial charge in [0.15, 0.2) is 0 Å². The molecule has 3 heterocycles. The highest BCUT2D eigenvalue weighted by atomic mass is 32.1. The monoisotopic (exact) mass is 321 g/mol. The van der Waals surface area contributed by atoms with Crippen LogP contribution in [-0.4, -0.2) is 32.6 Å². The zero-order valence-corrected chi connectivity index (χ0v) is 14.4. The van der Waals surface area contributed by atoms with Crippen LogP contribution >= 0.6 is 11.3 Å². The molecule has 6 nitrogen and oxygen atoms in total. The van der Waals surface area contributed by atoms with Crippen LogP contribution in [0.2, 0.25) is 0 Å². The molecule has 1 aliphatic rings. The highest BCUT2D eigenvalue weighted by Gasteiger charge is 2.33. The zero-order chi connectivity index (χ0) is 15.7. The maximum atomic E-state index is 5.99. The average molecular weight is 321 g/mol. The molecule has 2 atom stereocenters. The zero-order valence-electron chi connectivity index (χ0n) is 13.6. The summed E-state index contributed by atoms with van der Waals surface area (Å²) >= 11 is 1.68. The van der Waals surface area contributed by atoms with E-state index in [9.17, 15) is 0 Å². The van der Waals surface area contributed by atoms with Gasteiger partial charge in [-0.05, 0) is 26.7 Å². The molecular formula is C15H23N5OS. The first-order chi connectivity index (χ1) is 10.6. The predicted octanol–water partition coefficient (Wildman–Crippen LogP) is 2.07. The molecule has 120 valence electrons. The minimum atomic E-state index is 0.0762. The van der Waals surface area contributed by atoms with Crippen LogP contribution in [0.1, 0.15) is 46.4 Å². The van der Waals surface area contributed by atoms with E-state index in [2.05, 4.69) is 41.4 Å². The number of hydrogen-bond donors (Lipinski definition) is 1. The fourth-order valence-corrected chi connectivity index (χ4v) is 3.74. The lowest BCUT2D eigenvalue weighted by Crippen LogP contribution is -2.31. The molecule has 0 amide bonds. The Kier molecular flexibility index (Phi) is 4.56. The maximum Gasteiger partial charge on any atom is 0.131 e. The van der Waals surface area contributed by atoms with Crippen LogP contribution in [-0.2, 0) is 24.8 Å². The second-order valence-corrected chi connectivity index (χ2v) is 6.87. The van der Waals surface area contributed by atoms with E-state index in [0.717, 1.165) is 41.7 Å². The molecule has 22 heavy (non-hydrogen) atoms. The minimum absolute atomic E-state index is 0.0762. The van der Waals surface area contributed by atoms with Crippen LogP contribution in [0.15, 0.2) is 0 Å². The molecule has 0 aliphatic carbocycles. The SMILES string of the molecule is CCc1nnc(CN[C@H]2CCO[C@@H]2c2c(C)nn(C)c2C)s1. The van der Waals surface area contributed by atoms with Crippen molar-refractivity contribution in [3.8, 4) is 0 Å². The van der Waals surface area contributed by atoms with Crippen molar-refractivity contribution in [3.05, 3.63) is 27.0 Å². The Morgan fingerprint density at radius 3 is 2.73 bits per heavy atom. The van der Waals surface area contributed by atoms with E-state index in [-0.39, 0.29) is 6.10 Å². The first-order valence-electron chi connectivity index (χ1n) is 7.76. The van der Waals surface area contributed by atoms with Crippen molar-refractivity contribution in [2.75, 3.05) is 6.61 Å². The molecule has 0 saturated carbocycles. The quantitative estimate of drug-likeness (QED) is 0.913. The smallest absolute Gasteiger partial charge is 0.131 e. The van der Waals surface area contributed by atoms with Crippen molar-refractivity contribution in [3.63, 3.8) is 0 Å². The van der Waals surface area contributed by atoms with Crippen LogP contribution in [0.25, 0.3) is 0 Å². The Morgan fingerprint density at radius 1 is 1.32 bits per heavy atom. The number of ether oxygens (including phenoxy) is 1. The summed E-state index contributed by atoms with van der Waals surface area (Å²) in [6.07, 6.45) is 2.03. The summed E-state index contributed by atoms with van der Waals surface area (Å²) in [6.45, 7) is 7.80. The molecule has 0 unspecified atom stereocenters. The van der Waals surface area contributed by atoms with E-state index in [1.54, 1.807) is 11.3 Å². The van der Waals surface area contributed by atoms with Gasteiger partial charge in [0, 0.05) is 31.0 Å². The van der Waals surface area contributed by atoms with E-state index in [1.807, 2.05) is 11.7 Å². The lowest BCUT2D eigenvalue weighted by Gasteiger charge is -2.20. The van der Waals surface area contributed by atoms with Gasteiger partial charge in [0.2, 0.25) is 0 Å². The first kappa shape index (κ1) is 15.6. The summed E-state index contributed by atoms with van der Waals surface area (Å²) in [5.41, 5.74) is 3.47. The van der Waals surface area contributed by atoms with Crippen molar-refractivity contribution in [2.24, 2.45) is 7.05 Å². The molecule has 0 aromatic carbocycles. The van der Waals surface area contributed by atoms with Crippen molar-refractivity contribution in [1.82, 2.24) is 25.3 Å². The molecule has 2 aromatic rings. The Labute approximate surface area is 134 Å². The largest absolute Gasteiger partial charge is 0.372 e. The van der Waals surface area contributed by atoms with Crippen molar-refractivity contribution in [1.29, 1.82) is 0 Å². The highest BCUT2D eigenvalue weighted by Crippen LogP contribution is 2.33. The molecule has 0 radical (unpaired) electrons. The van der Waals surface area contributed by atoms with Gasteiger partial charge in [0.25, 0.3) is 0 Å². The molecule has 1 fully saturated rings. The van der Waals surface area contributed by atoms with Crippen molar-refractivity contribution in [2.45, 2.75) is 52.3 Å². The molecule has 1 aliphatic heterocycles. The number of rotatable bonds is 5. The second-order valence-electron chi connectivity index (χ2n) is 5.72. The average Bonchev–Trinajstić information content (AvgIpc) is 3.18. The molecule has 3 rings (SSSR count). The predicted molar refractivity (Wildman–Crippen MR) is 85.9 cm³/mol. The Bertz CT molecular complexity index is 650. The van der Waals surface area contributed by atoms with Gasteiger partial charge in [-0.1, -0.05) is 6.92 Å². The summed E-state index contributed by atoms with van der Waals surface area (Å²) in [5.74, 6) is 0. The molecule has 2 aromatic heterocycles. The maximum absolute atomic E-state index is 5.99. The minimum Gasteiger partial charge on any atom is -0.372 e. The fourth-order valence-electron chi connectivity index (χ4n) is 3.01. The third kappa shape index (κ3) is 2.93. The van der Waals surface area contributed by atoms with Gasteiger partial charge in [-0.3, -0.25) is 4.68 Å². The Morgan fingerprint density at radius 2 is 2.09 bits per heavy atom. The van der Waals surface area contributed by atoms with Crippen molar-refractivity contribution < 1.29 is 4.74 Å². The van der Waals surface area contributed by atoms with Crippen LogP contribution in [0.5, 0.6) is 0 Å². The van der Waals surface area contributed by atoms with E-state index >= 15 is 0 Å². The van der Waals surface area contributed by atoms with Gasteiger partial charge >= 0.3 is 0 Å². The van der Waals surface area contributed by atoms with E-state index in [0.29, 0.717) is 6.04 Å². The van der Waals surface area contributed by atoms with Gasteiger partial charge in [-0.15, -0.1) is 21.5 Å². The third-order valence-corrected chi connectivity index (χ3v) is 5.34. The summed E-state index contributed by atoms with van der Waals surface area (Å²) in [7, 11) is 1.98. The Balaban J connectivity index is 1.70. The van der Waals surface area contributed by atoms with Crippen LogP contribution < -0.4 is 5.32 Å². The summed E-state index contributed by atoms with van der Waals surface area (Å²) < 4.78 is 7.93. The number of nitrogens with one attached hydrogen (secondary N) is 1. The van der Waals surface area contributed by atoms with Crippen LogP contribution in [0, 0.1) is 13.8 Å². The van der Waals surface area contributed by atoms with Gasteiger partial charge in [0.1, 0.15) is 16.1 Å². The first-order valence-corrected chi connectivity index (χ1v) is 8.58. The highest BCUT2D eigenvalue weighted by molar-refractivity contribution is 7.11. The summed E-state index contributed by atoms with van der Waals surface area (Å²) in [5, 5.41) is 18.6. The normalized spacial score (nSPS) is 21.6. The van der Waals surface area contributed by atoms with E-state index in [4.69, 9.17) is 4.74 Å². The molecule has 0 bridgehead atoms. The van der Waals surface area contributed by atoms with Crippen molar-refractivity contribution >= 4 is 11.3 Å². The molecule has 7 heteroatoms. The Hall–Kier alpha value is -1.31. The van der Waals surface area contributed by atoms with Gasteiger partial charge in [-0.25, -0.2) is 0 Å². The fraction of sp³-hybridized carbons (Fsp3) is 0.667. The van der Waals surface area contributed by atoms with Gasteiger partial charge in [0.05, 0.1) is 12.2 Å².